The largest absolute Gasteiger partial charge is 0.469 e. The molecule has 90 valence electrons. The van der Waals surface area contributed by atoms with Crippen molar-refractivity contribution < 1.29 is 19.0 Å². The molecule has 15 heavy (non-hydrogen) atoms. The van der Waals surface area contributed by atoms with Gasteiger partial charge in [-0.3, -0.25) is 4.79 Å². The number of hydrogen-bond donors (Lipinski definition) is 0. The topological polar surface area (TPSA) is 44.8 Å². The van der Waals surface area contributed by atoms with Gasteiger partial charge >= 0.3 is 5.97 Å². The van der Waals surface area contributed by atoms with Gasteiger partial charge in [-0.2, -0.15) is 0 Å². The van der Waals surface area contributed by atoms with Crippen LogP contribution in [-0.2, 0) is 19.0 Å². The van der Waals surface area contributed by atoms with Crippen LogP contribution in [0.5, 0.6) is 0 Å². The van der Waals surface area contributed by atoms with Gasteiger partial charge in [-0.25, -0.2) is 0 Å². The SMILES string of the molecule is CCCCC(CCC(=O)OC)(OC)OC. The highest BCUT2D eigenvalue weighted by atomic mass is 16.7. The molecular weight excluding hydrogens is 196 g/mol. The molecule has 0 amide bonds. The van der Waals surface area contributed by atoms with Crippen LogP contribution in [0.15, 0.2) is 0 Å². The van der Waals surface area contributed by atoms with Crippen LogP contribution in [0.3, 0.4) is 0 Å². The van der Waals surface area contributed by atoms with Crippen molar-refractivity contribution in [3.8, 4) is 0 Å². The Hall–Kier alpha value is -0.610. The zero-order chi connectivity index (χ0) is 11.7. The second-order valence-corrected chi connectivity index (χ2v) is 3.50. The molecule has 0 aromatic carbocycles. The maximum atomic E-state index is 11.0. The monoisotopic (exact) mass is 218 g/mol. The predicted molar refractivity (Wildman–Crippen MR) is 57.5 cm³/mol. The van der Waals surface area contributed by atoms with Crippen LogP contribution in [0.1, 0.15) is 39.0 Å². The zero-order valence-electron chi connectivity index (χ0n) is 10.2. The molecule has 0 saturated carbocycles. The summed E-state index contributed by atoms with van der Waals surface area (Å²) in [7, 11) is 4.60. The quantitative estimate of drug-likeness (QED) is 0.462. The maximum absolute atomic E-state index is 11.0. The molecule has 0 atom stereocenters. The first-order valence-electron chi connectivity index (χ1n) is 5.31. The molecule has 0 aromatic rings. The lowest BCUT2D eigenvalue weighted by atomic mass is 10.0. The summed E-state index contributed by atoms with van der Waals surface area (Å²) in [6.45, 7) is 2.11. The average Bonchev–Trinajstić information content (AvgIpc) is 2.30. The molecule has 0 spiro atoms. The molecule has 0 bridgehead atoms. The first-order chi connectivity index (χ1) is 7.14. The van der Waals surface area contributed by atoms with Crippen molar-refractivity contribution in [3.63, 3.8) is 0 Å². The lowest BCUT2D eigenvalue weighted by Crippen LogP contribution is -2.34. The molecule has 0 N–H and O–H groups in total. The molecule has 4 heteroatoms. The summed E-state index contributed by atoms with van der Waals surface area (Å²) in [4.78, 5) is 11.0. The van der Waals surface area contributed by atoms with E-state index < -0.39 is 5.79 Å². The van der Waals surface area contributed by atoms with Gasteiger partial charge in [0.2, 0.25) is 0 Å². The molecular formula is C11H22O4. The van der Waals surface area contributed by atoms with Gasteiger partial charge in [0.1, 0.15) is 0 Å². The van der Waals surface area contributed by atoms with E-state index >= 15 is 0 Å². The number of esters is 1. The van der Waals surface area contributed by atoms with Crippen molar-refractivity contribution in [3.05, 3.63) is 0 Å². The Balaban J connectivity index is 4.16. The van der Waals surface area contributed by atoms with Crippen LogP contribution in [0, 0.1) is 0 Å². The molecule has 0 fully saturated rings. The van der Waals surface area contributed by atoms with Gasteiger partial charge in [0.15, 0.2) is 5.79 Å². The van der Waals surface area contributed by atoms with Gasteiger partial charge < -0.3 is 14.2 Å². The van der Waals surface area contributed by atoms with Crippen molar-refractivity contribution in [1.82, 2.24) is 0 Å². The highest BCUT2D eigenvalue weighted by molar-refractivity contribution is 5.69. The summed E-state index contributed by atoms with van der Waals surface area (Å²) in [6, 6.07) is 0. The van der Waals surface area contributed by atoms with Crippen LogP contribution in [0.4, 0.5) is 0 Å². The van der Waals surface area contributed by atoms with Crippen molar-refractivity contribution >= 4 is 5.97 Å². The van der Waals surface area contributed by atoms with Crippen LogP contribution in [0.2, 0.25) is 0 Å². The summed E-state index contributed by atoms with van der Waals surface area (Å²) in [5.74, 6) is -0.866. The Kier molecular flexibility index (Phi) is 7.34. The molecule has 0 aliphatic carbocycles. The van der Waals surface area contributed by atoms with Crippen LogP contribution < -0.4 is 0 Å². The fraction of sp³-hybridized carbons (Fsp3) is 0.909. The summed E-state index contributed by atoms with van der Waals surface area (Å²) in [6.07, 6.45) is 3.75. The number of rotatable bonds is 8. The van der Waals surface area contributed by atoms with Crippen molar-refractivity contribution in [2.45, 2.75) is 44.8 Å². The number of carbonyl (C=O) groups is 1. The summed E-state index contributed by atoms with van der Waals surface area (Å²) >= 11 is 0. The van der Waals surface area contributed by atoms with Crippen LogP contribution >= 0.6 is 0 Å². The smallest absolute Gasteiger partial charge is 0.305 e. The Labute approximate surface area is 91.9 Å². The third-order valence-corrected chi connectivity index (χ3v) is 2.59. The van der Waals surface area contributed by atoms with Gasteiger partial charge in [-0.05, 0) is 6.42 Å². The second kappa shape index (κ2) is 7.65. The first-order valence-corrected chi connectivity index (χ1v) is 5.31. The van der Waals surface area contributed by atoms with E-state index in [0.717, 1.165) is 19.3 Å². The summed E-state index contributed by atoms with van der Waals surface area (Å²) < 4.78 is 15.3. The number of unbranched alkanes of at least 4 members (excludes halogenated alkanes) is 1. The average molecular weight is 218 g/mol. The Morgan fingerprint density at radius 1 is 1.13 bits per heavy atom. The van der Waals surface area contributed by atoms with E-state index in [9.17, 15) is 4.79 Å². The lowest BCUT2D eigenvalue weighted by molar-refractivity contribution is -0.217. The summed E-state index contributed by atoms with van der Waals surface area (Å²) in [5, 5.41) is 0. The van der Waals surface area contributed by atoms with Gasteiger partial charge in [0, 0.05) is 27.1 Å². The minimum atomic E-state index is -0.635. The van der Waals surface area contributed by atoms with Crippen LogP contribution in [0.25, 0.3) is 0 Å². The molecule has 0 unspecified atom stereocenters. The minimum absolute atomic E-state index is 0.232. The summed E-state index contributed by atoms with van der Waals surface area (Å²) in [5.41, 5.74) is 0. The van der Waals surface area contributed by atoms with E-state index in [-0.39, 0.29) is 5.97 Å². The van der Waals surface area contributed by atoms with Crippen molar-refractivity contribution in [2.24, 2.45) is 0 Å². The lowest BCUT2D eigenvalue weighted by Gasteiger charge is -2.30. The molecule has 0 saturated heterocycles. The van der Waals surface area contributed by atoms with Crippen molar-refractivity contribution in [2.75, 3.05) is 21.3 Å². The third-order valence-electron chi connectivity index (χ3n) is 2.59. The molecule has 0 radical (unpaired) electrons. The molecule has 4 nitrogen and oxygen atoms in total. The fourth-order valence-corrected chi connectivity index (χ4v) is 1.46. The minimum Gasteiger partial charge on any atom is -0.469 e. The molecule has 0 aliphatic rings. The normalized spacial score (nSPS) is 11.5. The third kappa shape index (κ3) is 5.14. The number of ether oxygens (including phenoxy) is 3. The maximum Gasteiger partial charge on any atom is 0.305 e. The van der Waals surface area contributed by atoms with E-state index in [1.54, 1.807) is 14.2 Å². The molecule has 0 heterocycles. The fourth-order valence-electron chi connectivity index (χ4n) is 1.46. The molecule has 0 aliphatic heterocycles. The predicted octanol–water partition coefficient (Wildman–Crippen LogP) is 2.12. The highest BCUT2D eigenvalue weighted by Gasteiger charge is 2.29. The van der Waals surface area contributed by atoms with E-state index in [2.05, 4.69) is 11.7 Å². The standard InChI is InChI=1S/C11H22O4/c1-5-6-8-11(14-3,15-4)9-7-10(12)13-2/h5-9H2,1-4H3. The highest BCUT2D eigenvalue weighted by Crippen LogP contribution is 2.25. The van der Waals surface area contributed by atoms with E-state index in [1.807, 2.05) is 0 Å². The van der Waals surface area contributed by atoms with E-state index in [1.165, 1.54) is 7.11 Å². The Morgan fingerprint density at radius 3 is 2.13 bits per heavy atom. The zero-order valence-corrected chi connectivity index (χ0v) is 10.2. The van der Waals surface area contributed by atoms with E-state index in [0.29, 0.717) is 12.8 Å². The van der Waals surface area contributed by atoms with Crippen molar-refractivity contribution in [1.29, 1.82) is 0 Å². The second-order valence-electron chi connectivity index (χ2n) is 3.50. The van der Waals surface area contributed by atoms with Gasteiger partial charge in [-0.1, -0.05) is 13.3 Å². The number of methoxy groups -OCH3 is 3. The van der Waals surface area contributed by atoms with Gasteiger partial charge in [-0.15, -0.1) is 0 Å². The number of carbonyl (C=O) groups excluding carboxylic acids is 1. The molecule has 0 aromatic heterocycles. The van der Waals surface area contributed by atoms with Gasteiger partial charge in [0.05, 0.1) is 13.5 Å². The molecule has 0 rings (SSSR count). The Morgan fingerprint density at radius 2 is 1.73 bits per heavy atom. The Bertz CT molecular complexity index is 175. The van der Waals surface area contributed by atoms with Gasteiger partial charge in [0.25, 0.3) is 0 Å². The number of hydrogen-bond acceptors (Lipinski definition) is 4. The van der Waals surface area contributed by atoms with Crippen LogP contribution in [-0.4, -0.2) is 33.1 Å². The van der Waals surface area contributed by atoms with E-state index in [4.69, 9.17) is 9.47 Å². The first kappa shape index (κ1) is 14.4.